The number of nitrogens with zero attached hydrogens (tertiary/aromatic N) is 1. The molecule has 1 N–H and O–H groups in total. The quantitative estimate of drug-likeness (QED) is 0.663. The van der Waals surface area contributed by atoms with E-state index in [1.807, 2.05) is 19.1 Å². The summed E-state index contributed by atoms with van der Waals surface area (Å²) in [5, 5.41) is 0. The maximum absolute atomic E-state index is 12.0. The molecule has 114 valence electrons. The van der Waals surface area contributed by atoms with Gasteiger partial charge in [-0.3, -0.25) is 14.5 Å². The molecule has 2 heterocycles. The van der Waals surface area contributed by atoms with E-state index in [1.165, 1.54) is 28.0 Å². The lowest BCUT2D eigenvalue weighted by molar-refractivity contribution is -0.119. The molecule has 0 radical (unpaired) electrons. The van der Waals surface area contributed by atoms with Crippen molar-refractivity contribution in [1.29, 1.82) is 0 Å². The van der Waals surface area contributed by atoms with E-state index in [1.54, 1.807) is 25.3 Å². The van der Waals surface area contributed by atoms with Crippen LogP contribution in [0.25, 0.3) is 11.0 Å². The second-order valence-corrected chi connectivity index (χ2v) is 7.17. The highest BCUT2D eigenvalue weighted by molar-refractivity contribution is 8.30. The predicted octanol–water partition coefficient (Wildman–Crippen LogP) is 1.50. The predicted molar refractivity (Wildman–Crippen MR) is 98.1 cm³/mol. The van der Waals surface area contributed by atoms with Crippen LogP contribution in [0.3, 0.4) is 0 Å². The highest BCUT2D eigenvalue weighted by Crippen LogP contribution is 2.29. The van der Waals surface area contributed by atoms with Crippen molar-refractivity contribution in [3.05, 3.63) is 56.0 Å². The Bertz CT molecular complexity index is 871. The summed E-state index contributed by atoms with van der Waals surface area (Å²) in [6, 6.07) is 0. The standard InChI is InChI=1S/C15H14N2O2S3/c1-4-9(2)7-5-6-8-10-12(18)16-13(21-10)11-14(19)17(3)15(20)22-11/h4-8H,1H2,2-3H3,(H,16,18)/b6-5+,9-7-,10-8-,13-11+. The Balaban J connectivity index is 2.42. The molecule has 7 heteroatoms. The molecule has 1 fully saturated rings. The zero-order valence-corrected chi connectivity index (χ0v) is 14.5. The summed E-state index contributed by atoms with van der Waals surface area (Å²) in [4.78, 5) is 28.6. The first-order chi connectivity index (χ1) is 10.4. The minimum Gasteiger partial charge on any atom is -0.312 e. The Morgan fingerprint density at radius 1 is 1.36 bits per heavy atom. The summed E-state index contributed by atoms with van der Waals surface area (Å²) in [6.07, 6.45) is 8.97. The third kappa shape index (κ3) is 3.55. The Hall–Kier alpha value is -1.70. The van der Waals surface area contributed by atoms with Crippen molar-refractivity contribution in [3.8, 4) is 0 Å². The number of amides is 1. The third-order valence-corrected chi connectivity index (χ3v) is 5.61. The van der Waals surface area contributed by atoms with Crippen LogP contribution >= 0.6 is 35.3 Å². The summed E-state index contributed by atoms with van der Waals surface area (Å²) in [6.45, 7) is 5.60. The van der Waals surface area contributed by atoms with Crippen molar-refractivity contribution >= 4 is 56.5 Å². The van der Waals surface area contributed by atoms with E-state index in [2.05, 4.69) is 11.6 Å². The number of carbonyl (C=O) groups excluding carboxylic acids is 1. The van der Waals surface area contributed by atoms with Gasteiger partial charge in [-0.2, -0.15) is 0 Å². The first-order valence-electron chi connectivity index (χ1n) is 6.35. The molecule has 1 aromatic rings. The second kappa shape index (κ2) is 7.04. The van der Waals surface area contributed by atoms with Crippen molar-refractivity contribution in [2.45, 2.75) is 6.92 Å². The summed E-state index contributed by atoms with van der Waals surface area (Å²) >= 11 is 7.54. The smallest absolute Gasteiger partial charge is 0.268 e. The van der Waals surface area contributed by atoms with Gasteiger partial charge in [0.15, 0.2) is 0 Å². The van der Waals surface area contributed by atoms with E-state index in [0.29, 0.717) is 18.4 Å². The molecule has 4 nitrogen and oxygen atoms in total. The van der Waals surface area contributed by atoms with Crippen LogP contribution in [0.2, 0.25) is 0 Å². The molecule has 0 atom stereocenters. The number of aromatic nitrogens is 1. The molecule has 0 aromatic carbocycles. The Morgan fingerprint density at radius 2 is 2.09 bits per heavy atom. The molecule has 0 bridgehead atoms. The fourth-order valence-corrected chi connectivity index (χ4v) is 3.74. The van der Waals surface area contributed by atoms with Gasteiger partial charge in [-0.1, -0.05) is 60.4 Å². The van der Waals surface area contributed by atoms with Crippen molar-refractivity contribution in [2.75, 3.05) is 7.05 Å². The Morgan fingerprint density at radius 3 is 2.68 bits per heavy atom. The number of allylic oxidation sites excluding steroid dienone is 5. The molecule has 0 unspecified atom stereocenters. The number of hydrogen-bond donors (Lipinski definition) is 1. The van der Waals surface area contributed by atoms with Crippen LogP contribution in [0.4, 0.5) is 0 Å². The van der Waals surface area contributed by atoms with E-state index in [-0.39, 0.29) is 11.5 Å². The maximum atomic E-state index is 12.0. The maximum Gasteiger partial charge on any atom is 0.268 e. The topological polar surface area (TPSA) is 53.2 Å². The lowest BCUT2D eigenvalue weighted by atomic mass is 10.3. The fraction of sp³-hybridized carbons (Fsp3) is 0.133. The summed E-state index contributed by atoms with van der Waals surface area (Å²) < 4.78 is 1.58. The molecule has 2 rings (SSSR count). The number of nitrogens with one attached hydrogen (secondary N) is 1. The van der Waals surface area contributed by atoms with Crippen LogP contribution in [0.15, 0.2) is 41.3 Å². The van der Waals surface area contributed by atoms with Gasteiger partial charge in [0, 0.05) is 7.05 Å². The first kappa shape index (κ1) is 16.7. The van der Waals surface area contributed by atoms with Gasteiger partial charge in [-0.05, 0) is 13.0 Å². The van der Waals surface area contributed by atoms with Gasteiger partial charge in [0.25, 0.3) is 11.5 Å². The molecule has 1 amide bonds. The highest BCUT2D eigenvalue weighted by atomic mass is 32.2. The first-order valence-corrected chi connectivity index (χ1v) is 8.39. The van der Waals surface area contributed by atoms with Gasteiger partial charge >= 0.3 is 0 Å². The van der Waals surface area contributed by atoms with E-state index >= 15 is 0 Å². The molecule has 1 aliphatic rings. The number of hydrogen-bond acceptors (Lipinski definition) is 5. The SMILES string of the molecule is C=C\C(C)=C/C=C/C=c1\s/c(=C2/SC(=S)N(C)C2=O)[nH]c1=O. The zero-order chi connectivity index (χ0) is 16.3. The van der Waals surface area contributed by atoms with Crippen molar-refractivity contribution in [2.24, 2.45) is 0 Å². The number of H-pyrrole nitrogens is 1. The van der Waals surface area contributed by atoms with E-state index in [0.717, 1.165) is 5.57 Å². The lowest BCUT2D eigenvalue weighted by Crippen LogP contribution is -2.24. The third-order valence-electron chi connectivity index (χ3n) is 2.87. The van der Waals surface area contributed by atoms with E-state index < -0.39 is 0 Å². The zero-order valence-electron chi connectivity index (χ0n) is 12.1. The van der Waals surface area contributed by atoms with Gasteiger partial charge in [0.1, 0.15) is 13.9 Å². The Labute approximate surface area is 141 Å². The van der Waals surface area contributed by atoms with Crippen LogP contribution in [0.1, 0.15) is 6.92 Å². The van der Waals surface area contributed by atoms with Gasteiger partial charge in [-0.15, -0.1) is 11.3 Å². The minimum atomic E-state index is -0.213. The molecule has 0 spiro atoms. The molecule has 1 saturated heterocycles. The molecule has 0 saturated carbocycles. The fourth-order valence-electron chi connectivity index (χ4n) is 1.56. The molecule has 22 heavy (non-hydrogen) atoms. The van der Waals surface area contributed by atoms with E-state index in [9.17, 15) is 9.59 Å². The summed E-state index contributed by atoms with van der Waals surface area (Å²) in [5.74, 6) is -0.181. The number of thiocarbonyl (C=S) groups is 1. The Kier molecular flexibility index (Phi) is 5.33. The van der Waals surface area contributed by atoms with Crippen LogP contribution in [-0.4, -0.2) is 27.2 Å². The van der Waals surface area contributed by atoms with Crippen molar-refractivity contribution in [3.63, 3.8) is 0 Å². The van der Waals surface area contributed by atoms with Gasteiger partial charge < -0.3 is 4.98 Å². The average molecular weight is 350 g/mol. The number of thiazole rings is 1. The highest BCUT2D eigenvalue weighted by Gasteiger charge is 2.30. The number of aromatic amines is 1. The lowest BCUT2D eigenvalue weighted by Gasteiger charge is -2.02. The van der Waals surface area contributed by atoms with Crippen LogP contribution < -0.4 is 14.8 Å². The monoisotopic (exact) mass is 350 g/mol. The van der Waals surface area contributed by atoms with Crippen LogP contribution in [0.5, 0.6) is 0 Å². The summed E-state index contributed by atoms with van der Waals surface area (Å²) in [5.41, 5.74) is 0.820. The molecular formula is C15H14N2O2S3. The minimum absolute atomic E-state index is 0.181. The normalized spacial score (nSPS) is 19.6. The molecule has 1 aliphatic heterocycles. The number of thioether (sulfide) groups is 1. The van der Waals surface area contributed by atoms with Gasteiger partial charge in [0.05, 0.1) is 4.53 Å². The van der Waals surface area contributed by atoms with Gasteiger partial charge in [-0.25, -0.2) is 0 Å². The molecular weight excluding hydrogens is 336 g/mol. The summed E-state index contributed by atoms with van der Waals surface area (Å²) in [7, 11) is 1.63. The van der Waals surface area contributed by atoms with Gasteiger partial charge in [0.2, 0.25) is 0 Å². The molecule has 0 aliphatic carbocycles. The van der Waals surface area contributed by atoms with Crippen molar-refractivity contribution in [1.82, 2.24) is 9.88 Å². The second-order valence-electron chi connectivity index (χ2n) is 4.48. The van der Waals surface area contributed by atoms with Crippen LogP contribution in [0, 0.1) is 0 Å². The number of carbonyl (C=O) groups is 1. The van der Waals surface area contributed by atoms with Crippen LogP contribution in [-0.2, 0) is 4.79 Å². The number of rotatable bonds is 3. The average Bonchev–Trinajstić information content (AvgIpc) is 2.98. The van der Waals surface area contributed by atoms with E-state index in [4.69, 9.17) is 12.2 Å². The van der Waals surface area contributed by atoms with Crippen molar-refractivity contribution < 1.29 is 4.79 Å². The molecule has 1 aromatic heterocycles. The largest absolute Gasteiger partial charge is 0.312 e.